The van der Waals surface area contributed by atoms with Gasteiger partial charge in [-0.3, -0.25) is 0 Å². The van der Waals surface area contributed by atoms with Gasteiger partial charge in [0.15, 0.2) is 0 Å². The van der Waals surface area contributed by atoms with Crippen molar-refractivity contribution in [3.63, 3.8) is 0 Å². The van der Waals surface area contributed by atoms with E-state index in [0.29, 0.717) is 32.0 Å². The molecule has 0 unspecified atom stereocenters. The minimum atomic E-state index is -0.507. The summed E-state index contributed by atoms with van der Waals surface area (Å²) in [5.74, 6) is 0. The molecule has 0 radical (unpaired) electrons. The van der Waals surface area contributed by atoms with Crippen molar-refractivity contribution in [2.45, 2.75) is 39.8 Å². The fourth-order valence-electron chi connectivity index (χ4n) is 2.68. The van der Waals surface area contributed by atoms with Gasteiger partial charge >= 0.3 is 6.09 Å². The number of morpholine rings is 1. The maximum atomic E-state index is 12.4. The van der Waals surface area contributed by atoms with Crippen LogP contribution in [0.1, 0.15) is 33.3 Å². The van der Waals surface area contributed by atoms with Gasteiger partial charge in [0.1, 0.15) is 5.60 Å². The molecule has 1 aliphatic rings. The summed E-state index contributed by atoms with van der Waals surface area (Å²) in [5.41, 5.74) is 8.30. The molecule has 0 bridgehead atoms. The summed E-state index contributed by atoms with van der Waals surface area (Å²) in [6.45, 7) is 11.7. The SMILES string of the molecule is CCN(Cc1cc(N)ccc1N1CCOCC1)C(=O)OC(C)(C)C. The largest absolute Gasteiger partial charge is 0.444 e. The number of ether oxygens (including phenoxy) is 2. The van der Waals surface area contributed by atoms with Crippen LogP contribution in [0, 0.1) is 0 Å². The molecule has 0 spiro atoms. The van der Waals surface area contributed by atoms with Gasteiger partial charge in [0.25, 0.3) is 0 Å². The third-order valence-electron chi connectivity index (χ3n) is 3.85. The van der Waals surface area contributed by atoms with Gasteiger partial charge in [0.2, 0.25) is 0 Å². The lowest BCUT2D eigenvalue weighted by molar-refractivity contribution is 0.0244. The van der Waals surface area contributed by atoms with Crippen LogP contribution in [-0.2, 0) is 16.0 Å². The summed E-state index contributed by atoms with van der Waals surface area (Å²) >= 11 is 0. The Morgan fingerprint density at radius 2 is 2.00 bits per heavy atom. The zero-order chi connectivity index (χ0) is 17.7. The second-order valence-corrected chi connectivity index (χ2v) is 6.98. The molecule has 1 saturated heterocycles. The maximum Gasteiger partial charge on any atom is 0.410 e. The van der Waals surface area contributed by atoms with Gasteiger partial charge in [-0.25, -0.2) is 4.79 Å². The number of carbonyl (C=O) groups excluding carboxylic acids is 1. The summed E-state index contributed by atoms with van der Waals surface area (Å²) < 4.78 is 10.9. The van der Waals surface area contributed by atoms with Gasteiger partial charge < -0.3 is 25.0 Å². The van der Waals surface area contributed by atoms with E-state index in [1.165, 1.54) is 0 Å². The number of benzene rings is 1. The molecule has 0 saturated carbocycles. The summed E-state index contributed by atoms with van der Waals surface area (Å²) in [4.78, 5) is 16.4. The number of nitrogens with zero attached hydrogens (tertiary/aromatic N) is 2. The van der Waals surface area contributed by atoms with Crippen molar-refractivity contribution >= 4 is 17.5 Å². The van der Waals surface area contributed by atoms with Crippen molar-refractivity contribution < 1.29 is 14.3 Å². The van der Waals surface area contributed by atoms with Crippen molar-refractivity contribution in [2.24, 2.45) is 0 Å². The first-order valence-electron chi connectivity index (χ1n) is 8.49. The van der Waals surface area contributed by atoms with E-state index in [1.807, 2.05) is 45.9 Å². The first-order valence-corrected chi connectivity index (χ1v) is 8.49. The Morgan fingerprint density at radius 1 is 1.33 bits per heavy atom. The van der Waals surface area contributed by atoms with Crippen LogP contribution in [0.5, 0.6) is 0 Å². The maximum absolute atomic E-state index is 12.4. The number of nitrogens with two attached hydrogens (primary N) is 1. The van der Waals surface area contributed by atoms with Gasteiger partial charge in [-0.1, -0.05) is 0 Å². The molecule has 1 heterocycles. The van der Waals surface area contributed by atoms with E-state index in [4.69, 9.17) is 15.2 Å². The van der Waals surface area contributed by atoms with E-state index in [9.17, 15) is 4.79 Å². The quantitative estimate of drug-likeness (QED) is 0.857. The molecule has 2 rings (SSSR count). The van der Waals surface area contributed by atoms with Crippen molar-refractivity contribution in [2.75, 3.05) is 43.5 Å². The zero-order valence-corrected chi connectivity index (χ0v) is 15.2. The highest BCUT2D eigenvalue weighted by Crippen LogP contribution is 2.26. The summed E-state index contributed by atoms with van der Waals surface area (Å²) in [5, 5.41) is 0. The van der Waals surface area contributed by atoms with Crippen LogP contribution >= 0.6 is 0 Å². The first kappa shape index (κ1) is 18.4. The highest BCUT2D eigenvalue weighted by molar-refractivity contribution is 5.69. The third-order valence-corrected chi connectivity index (χ3v) is 3.85. The predicted octanol–water partition coefficient (Wildman–Crippen LogP) is 2.86. The van der Waals surface area contributed by atoms with Crippen LogP contribution in [-0.4, -0.2) is 49.4 Å². The molecule has 1 aromatic rings. The Bertz CT molecular complexity index is 563. The first-order chi connectivity index (χ1) is 11.3. The number of hydrogen-bond donors (Lipinski definition) is 1. The molecule has 1 aromatic carbocycles. The van der Waals surface area contributed by atoms with Crippen molar-refractivity contribution in [3.8, 4) is 0 Å². The molecule has 2 N–H and O–H groups in total. The smallest absolute Gasteiger partial charge is 0.410 e. The Hall–Kier alpha value is -1.95. The minimum absolute atomic E-state index is 0.305. The average molecular weight is 335 g/mol. The minimum Gasteiger partial charge on any atom is -0.444 e. The summed E-state index contributed by atoms with van der Waals surface area (Å²) in [6, 6.07) is 5.87. The highest BCUT2D eigenvalue weighted by Gasteiger charge is 2.23. The Kier molecular flexibility index (Phi) is 5.94. The monoisotopic (exact) mass is 335 g/mol. The van der Waals surface area contributed by atoms with E-state index in [2.05, 4.69) is 4.90 Å². The predicted molar refractivity (Wildman–Crippen MR) is 96.2 cm³/mol. The Morgan fingerprint density at radius 3 is 2.58 bits per heavy atom. The van der Waals surface area contributed by atoms with Crippen LogP contribution < -0.4 is 10.6 Å². The van der Waals surface area contributed by atoms with Gasteiger partial charge in [-0.05, 0) is 51.5 Å². The molecule has 1 fully saturated rings. The fraction of sp³-hybridized carbons (Fsp3) is 0.611. The second-order valence-electron chi connectivity index (χ2n) is 6.98. The molecule has 1 aliphatic heterocycles. The Balaban J connectivity index is 2.19. The molecule has 6 heteroatoms. The molecule has 0 aromatic heterocycles. The normalized spacial score (nSPS) is 15.2. The molecule has 1 amide bonds. The van der Waals surface area contributed by atoms with Crippen LogP contribution in [0.3, 0.4) is 0 Å². The molecule has 0 aliphatic carbocycles. The molecular formula is C18H29N3O3. The molecule has 134 valence electrons. The lowest BCUT2D eigenvalue weighted by Crippen LogP contribution is -2.39. The van der Waals surface area contributed by atoms with E-state index < -0.39 is 5.60 Å². The van der Waals surface area contributed by atoms with Crippen molar-refractivity contribution in [3.05, 3.63) is 23.8 Å². The van der Waals surface area contributed by atoms with Gasteiger partial charge in [0, 0.05) is 31.0 Å². The number of hydrogen-bond acceptors (Lipinski definition) is 5. The molecule has 0 atom stereocenters. The van der Waals surface area contributed by atoms with E-state index in [-0.39, 0.29) is 6.09 Å². The van der Waals surface area contributed by atoms with Gasteiger partial charge in [-0.15, -0.1) is 0 Å². The lowest BCUT2D eigenvalue weighted by atomic mass is 10.1. The number of anilines is 2. The van der Waals surface area contributed by atoms with Crippen LogP contribution in [0.25, 0.3) is 0 Å². The third kappa shape index (κ3) is 5.03. The average Bonchev–Trinajstić information content (AvgIpc) is 2.51. The molecule has 6 nitrogen and oxygen atoms in total. The van der Waals surface area contributed by atoms with Crippen molar-refractivity contribution in [1.29, 1.82) is 0 Å². The van der Waals surface area contributed by atoms with E-state index >= 15 is 0 Å². The Labute approximate surface area is 144 Å². The molecular weight excluding hydrogens is 306 g/mol. The van der Waals surface area contributed by atoms with Crippen LogP contribution in [0.4, 0.5) is 16.2 Å². The number of carbonyl (C=O) groups is 1. The molecule has 24 heavy (non-hydrogen) atoms. The number of amides is 1. The van der Waals surface area contributed by atoms with E-state index in [0.717, 1.165) is 24.3 Å². The van der Waals surface area contributed by atoms with Crippen LogP contribution in [0.2, 0.25) is 0 Å². The van der Waals surface area contributed by atoms with Crippen molar-refractivity contribution in [1.82, 2.24) is 4.90 Å². The van der Waals surface area contributed by atoms with E-state index in [1.54, 1.807) is 4.90 Å². The standard InChI is InChI=1S/C18H29N3O3/c1-5-20(17(22)24-18(2,3)4)13-14-12-15(19)6-7-16(14)21-8-10-23-11-9-21/h6-7,12H,5,8-11,13,19H2,1-4H3. The fourth-order valence-corrected chi connectivity index (χ4v) is 2.68. The summed E-state index contributed by atoms with van der Waals surface area (Å²) in [6.07, 6.45) is -0.305. The van der Waals surface area contributed by atoms with Gasteiger partial charge in [0.05, 0.1) is 19.8 Å². The van der Waals surface area contributed by atoms with Crippen LogP contribution in [0.15, 0.2) is 18.2 Å². The number of rotatable bonds is 4. The van der Waals surface area contributed by atoms with Gasteiger partial charge in [-0.2, -0.15) is 0 Å². The second kappa shape index (κ2) is 7.75. The number of nitrogen functional groups attached to an aromatic ring is 1. The summed E-state index contributed by atoms with van der Waals surface area (Å²) in [7, 11) is 0. The zero-order valence-electron chi connectivity index (χ0n) is 15.2. The highest BCUT2D eigenvalue weighted by atomic mass is 16.6. The lowest BCUT2D eigenvalue weighted by Gasteiger charge is -2.32. The topological polar surface area (TPSA) is 68.0 Å².